The summed E-state index contributed by atoms with van der Waals surface area (Å²) in [6.45, 7) is 1.10. The number of hydrogen-bond acceptors (Lipinski definition) is 3. The van der Waals surface area contributed by atoms with Gasteiger partial charge in [-0.15, -0.1) is 0 Å². The average Bonchev–Trinajstić information content (AvgIpc) is 3.04. The molecule has 3 fully saturated rings. The molecule has 2 bridgehead atoms. The van der Waals surface area contributed by atoms with Crippen LogP contribution in [0.5, 0.6) is 0 Å². The molecule has 102 valence electrons. The van der Waals surface area contributed by atoms with E-state index in [4.69, 9.17) is 5.11 Å². The van der Waals surface area contributed by atoms with Gasteiger partial charge in [0.15, 0.2) is 0 Å². The summed E-state index contributed by atoms with van der Waals surface area (Å²) in [7, 11) is -3.43. The van der Waals surface area contributed by atoms with Crippen LogP contribution in [0.1, 0.15) is 25.7 Å². The first kappa shape index (κ1) is 12.4. The van der Waals surface area contributed by atoms with Crippen LogP contribution in [0.3, 0.4) is 0 Å². The molecule has 3 atom stereocenters. The van der Waals surface area contributed by atoms with E-state index in [1.165, 1.54) is 4.31 Å². The molecule has 1 aliphatic carbocycles. The summed E-state index contributed by atoms with van der Waals surface area (Å²) in [5.41, 5.74) is 0. The van der Waals surface area contributed by atoms with Crippen LogP contribution in [0.25, 0.3) is 0 Å². The molecule has 6 nitrogen and oxygen atoms in total. The monoisotopic (exact) mass is 274 g/mol. The number of hydrogen-bond donors (Lipinski definition) is 1. The molecular weight excluding hydrogens is 256 g/mol. The molecule has 18 heavy (non-hydrogen) atoms. The molecule has 2 aliphatic heterocycles. The SMILES string of the molecule is O=C(O)C1CCN(S(=O)(=O)N2CC3CCC2C3)C1. The second-order valence-corrected chi connectivity index (χ2v) is 7.47. The highest BCUT2D eigenvalue weighted by molar-refractivity contribution is 7.86. The predicted octanol–water partition coefficient (Wildman–Crippen LogP) is 0.122. The van der Waals surface area contributed by atoms with Gasteiger partial charge in [0.25, 0.3) is 10.2 Å². The zero-order valence-corrected chi connectivity index (χ0v) is 11.0. The Bertz CT molecular complexity index is 464. The lowest BCUT2D eigenvalue weighted by Gasteiger charge is -2.30. The highest BCUT2D eigenvalue weighted by Crippen LogP contribution is 2.40. The van der Waals surface area contributed by atoms with E-state index in [0.717, 1.165) is 19.3 Å². The molecule has 0 aromatic carbocycles. The molecule has 1 saturated carbocycles. The summed E-state index contributed by atoms with van der Waals surface area (Å²) in [4.78, 5) is 10.9. The second-order valence-electron chi connectivity index (χ2n) is 5.59. The molecule has 3 rings (SSSR count). The van der Waals surface area contributed by atoms with Crippen molar-refractivity contribution in [3.63, 3.8) is 0 Å². The number of piperidine rings is 1. The lowest BCUT2D eigenvalue weighted by Crippen LogP contribution is -2.46. The topological polar surface area (TPSA) is 77.9 Å². The van der Waals surface area contributed by atoms with Crippen molar-refractivity contribution in [2.75, 3.05) is 19.6 Å². The Kier molecular flexibility index (Phi) is 2.87. The smallest absolute Gasteiger partial charge is 0.307 e. The van der Waals surface area contributed by atoms with E-state index in [9.17, 15) is 13.2 Å². The lowest BCUT2D eigenvalue weighted by atomic mass is 10.1. The minimum Gasteiger partial charge on any atom is -0.481 e. The number of carbonyl (C=O) groups is 1. The third-order valence-corrected chi connectivity index (χ3v) is 6.51. The van der Waals surface area contributed by atoms with E-state index < -0.39 is 22.1 Å². The fourth-order valence-electron chi connectivity index (χ4n) is 3.45. The third-order valence-electron chi connectivity index (χ3n) is 4.48. The van der Waals surface area contributed by atoms with Crippen molar-refractivity contribution in [1.82, 2.24) is 8.61 Å². The van der Waals surface area contributed by atoms with Gasteiger partial charge < -0.3 is 5.11 Å². The van der Waals surface area contributed by atoms with Gasteiger partial charge in [0.05, 0.1) is 5.92 Å². The fraction of sp³-hybridized carbons (Fsp3) is 0.909. The van der Waals surface area contributed by atoms with Crippen LogP contribution in [0.15, 0.2) is 0 Å². The van der Waals surface area contributed by atoms with Crippen molar-refractivity contribution in [2.24, 2.45) is 11.8 Å². The third kappa shape index (κ3) is 1.85. The zero-order chi connectivity index (χ0) is 12.9. The Morgan fingerprint density at radius 2 is 1.94 bits per heavy atom. The zero-order valence-electron chi connectivity index (χ0n) is 10.2. The minimum atomic E-state index is -3.43. The van der Waals surface area contributed by atoms with E-state index in [1.54, 1.807) is 4.31 Å². The number of rotatable bonds is 3. The van der Waals surface area contributed by atoms with E-state index in [1.807, 2.05) is 0 Å². The van der Waals surface area contributed by atoms with Gasteiger partial charge in [0.1, 0.15) is 0 Å². The van der Waals surface area contributed by atoms with Crippen molar-refractivity contribution >= 4 is 16.2 Å². The summed E-state index contributed by atoms with van der Waals surface area (Å²) in [5.74, 6) is -0.919. The van der Waals surface area contributed by atoms with Crippen LogP contribution >= 0.6 is 0 Å². The molecule has 7 heteroatoms. The molecule has 0 aromatic rings. The maximum Gasteiger partial charge on any atom is 0.307 e. The molecule has 0 spiro atoms. The van der Waals surface area contributed by atoms with Crippen molar-refractivity contribution in [3.05, 3.63) is 0 Å². The second kappa shape index (κ2) is 4.18. The molecule has 3 aliphatic rings. The minimum absolute atomic E-state index is 0.131. The first-order valence-corrected chi connectivity index (χ1v) is 7.88. The van der Waals surface area contributed by atoms with Crippen LogP contribution in [0.4, 0.5) is 0 Å². The van der Waals surface area contributed by atoms with E-state index in [-0.39, 0.29) is 12.6 Å². The van der Waals surface area contributed by atoms with Gasteiger partial charge in [-0.1, -0.05) is 0 Å². The van der Waals surface area contributed by atoms with E-state index in [0.29, 0.717) is 25.4 Å². The Morgan fingerprint density at radius 1 is 1.17 bits per heavy atom. The largest absolute Gasteiger partial charge is 0.481 e. The summed E-state index contributed by atoms with van der Waals surface area (Å²) in [6.07, 6.45) is 3.50. The maximum atomic E-state index is 12.5. The first-order chi connectivity index (χ1) is 8.48. The standard InChI is InChI=1S/C11H18N2O4S/c14-11(15)9-3-4-12(7-9)18(16,17)13-6-8-1-2-10(13)5-8/h8-10H,1-7H2,(H,14,15). The summed E-state index contributed by atoms with van der Waals surface area (Å²) in [6, 6.07) is 0.156. The highest BCUT2D eigenvalue weighted by atomic mass is 32.2. The molecule has 2 heterocycles. The lowest BCUT2D eigenvalue weighted by molar-refractivity contribution is -0.141. The number of aliphatic carboxylic acids is 1. The molecule has 0 radical (unpaired) electrons. The Hall–Kier alpha value is -0.660. The number of carboxylic acids is 1. The Morgan fingerprint density at radius 3 is 2.44 bits per heavy atom. The van der Waals surface area contributed by atoms with Crippen LogP contribution in [-0.4, -0.2) is 53.8 Å². The normalized spacial score (nSPS) is 37.4. The van der Waals surface area contributed by atoms with Gasteiger partial charge in [-0.25, -0.2) is 0 Å². The van der Waals surface area contributed by atoms with E-state index in [2.05, 4.69) is 0 Å². The van der Waals surface area contributed by atoms with Gasteiger partial charge >= 0.3 is 5.97 Å². The van der Waals surface area contributed by atoms with Crippen molar-refractivity contribution in [1.29, 1.82) is 0 Å². The molecule has 3 unspecified atom stereocenters. The van der Waals surface area contributed by atoms with Gasteiger partial charge in [-0.3, -0.25) is 4.79 Å². The predicted molar refractivity (Wildman–Crippen MR) is 64.1 cm³/mol. The van der Waals surface area contributed by atoms with Crippen molar-refractivity contribution < 1.29 is 18.3 Å². The fourth-order valence-corrected chi connectivity index (χ4v) is 5.42. The molecule has 2 saturated heterocycles. The van der Waals surface area contributed by atoms with E-state index >= 15 is 0 Å². The van der Waals surface area contributed by atoms with Gasteiger partial charge in [-0.05, 0) is 31.6 Å². The first-order valence-electron chi connectivity index (χ1n) is 6.48. The number of fused-ring (bicyclic) bond motifs is 2. The average molecular weight is 274 g/mol. The van der Waals surface area contributed by atoms with Gasteiger partial charge in [0, 0.05) is 25.7 Å². The Labute approximate surface area is 107 Å². The number of nitrogens with zero attached hydrogens (tertiary/aromatic N) is 2. The van der Waals surface area contributed by atoms with Gasteiger partial charge in [0.2, 0.25) is 0 Å². The summed E-state index contributed by atoms with van der Waals surface area (Å²) < 4.78 is 27.9. The molecule has 1 N–H and O–H groups in total. The van der Waals surface area contributed by atoms with Crippen LogP contribution in [-0.2, 0) is 15.0 Å². The highest BCUT2D eigenvalue weighted by Gasteiger charge is 2.47. The van der Waals surface area contributed by atoms with Crippen LogP contribution < -0.4 is 0 Å². The molecule has 0 aromatic heterocycles. The van der Waals surface area contributed by atoms with Crippen LogP contribution in [0, 0.1) is 11.8 Å². The van der Waals surface area contributed by atoms with Gasteiger partial charge in [-0.2, -0.15) is 17.0 Å². The van der Waals surface area contributed by atoms with Crippen LogP contribution in [0.2, 0.25) is 0 Å². The summed E-state index contributed by atoms with van der Waals surface area (Å²) in [5, 5.41) is 8.93. The maximum absolute atomic E-state index is 12.5. The molecular formula is C11H18N2O4S. The Balaban J connectivity index is 1.74. The quantitative estimate of drug-likeness (QED) is 0.793. The van der Waals surface area contributed by atoms with Crippen molar-refractivity contribution in [2.45, 2.75) is 31.7 Å². The summed E-state index contributed by atoms with van der Waals surface area (Å²) >= 11 is 0. The van der Waals surface area contributed by atoms with Crippen molar-refractivity contribution in [3.8, 4) is 0 Å². The molecule has 0 amide bonds. The number of carboxylic acid groups (broad SMARTS) is 1.